The van der Waals surface area contributed by atoms with Crippen molar-refractivity contribution in [3.8, 4) is 10.8 Å². The third kappa shape index (κ3) is 3.80. The molecule has 0 spiro atoms. The SMILES string of the molecule is CC(N)CCNC(=O)c1cnc(-c2ncccn2)s1. The van der Waals surface area contributed by atoms with Crippen molar-refractivity contribution in [1.29, 1.82) is 0 Å². The normalized spacial score (nSPS) is 12.1. The second-order valence-corrected chi connectivity index (χ2v) is 5.15. The lowest BCUT2D eigenvalue weighted by atomic mass is 10.2. The summed E-state index contributed by atoms with van der Waals surface area (Å²) in [6, 6.07) is 1.81. The first-order chi connectivity index (χ1) is 9.16. The molecule has 0 aliphatic heterocycles. The van der Waals surface area contributed by atoms with E-state index in [1.54, 1.807) is 18.5 Å². The molecule has 3 N–H and O–H groups in total. The summed E-state index contributed by atoms with van der Waals surface area (Å²) >= 11 is 1.27. The monoisotopic (exact) mass is 277 g/mol. The van der Waals surface area contributed by atoms with Gasteiger partial charge in [-0.25, -0.2) is 15.0 Å². The molecular formula is C12H15N5OS. The molecule has 1 amide bonds. The van der Waals surface area contributed by atoms with Gasteiger partial charge in [0.1, 0.15) is 4.88 Å². The van der Waals surface area contributed by atoms with Crippen LogP contribution in [0.2, 0.25) is 0 Å². The van der Waals surface area contributed by atoms with Gasteiger partial charge in [0.05, 0.1) is 6.20 Å². The zero-order chi connectivity index (χ0) is 13.7. The lowest BCUT2D eigenvalue weighted by Crippen LogP contribution is -2.28. The molecule has 0 bridgehead atoms. The standard InChI is InChI=1S/C12H15N5OS/c1-8(13)3-6-16-11(18)9-7-17-12(19-9)10-14-4-2-5-15-10/h2,4-5,7-8H,3,6,13H2,1H3,(H,16,18). The quantitative estimate of drug-likeness (QED) is 0.852. The highest BCUT2D eigenvalue weighted by atomic mass is 32.1. The predicted molar refractivity (Wildman–Crippen MR) is 73.7 cm³/mol. The summed E-state index contributed by atoms with van der Waals surface area (Å²) < 4.78 is 0. The zero-order valence-corrected chi connectivity index (χ0v) is 11.4. The molecule has 1 atom stereocenters. The maximum absolute atomic E-state index is 11.8. The number of carbonyl (C=O) groups is 1. The number of aromatic nitrogens is 3. The van der Waals surface area contributed by atoms with Crippen molar-refractivity contribution >= 4 is 17.2 Å². The Bertz CT molecular complexity index is 540. The van der Waals surface area contributed by atoms with Gasteiger partial charge in [-0.1, -0.05) is 0 Å². The van der Waals surface area contributed by atoms with Crippen LogP contribution in [0.15, 0.2) is 24.7 Å². The second-order valence-electron chi connectivity index (χ2n) is 4.12. The maximum Gasteiger partial charge on any atom is 0.263 e. The van der Waals surface area contributed by atoms with Crippen LogP contribution in [-0.2, 0) is 0 Å². The van der Waals surface area contributed by atoms with Gasteiger partial charge in [0.15, 0.2) is 10.8 Å². The average Bonchev–Trinajstić information content (AvgIpc) is 2.89. The fourth-order valence-corrected chi connectivity index (χ4v) is 2.17. The van der Waals surface area contributed by atoms with Gasteiger partial charge >= 0.3 is 0 Å². The molecule has 0 aliphatic carbocycles. The Kier molecular flexibility index (Phi) is 4.53. The fourth-order valence-electron chi connectivity index (χ4n) is 1.39. The van der Waals surface area contributed by atoms with E-state index in [9.17, 15) is 4.79 Å². The first-order valence-corrected chi connectivity index (χ1v) is 6.75. The molecule has 1 unspecified atom stereocenters. The summed E-state index contributed by atoms with van der Waals surface area (Å²) in [4.78, 5) is 24.7. The number of nitrogens with zero attached hydrogens (tertiary/aromatic N) is 3. The molecule has 2 aromatic rings. The van der Waals surface area contributed by atoms with Gasteiger partial charge in [-0.15, -0.1) is 11.3 Å². The Labute approximate surface area is 115 Å². The zero-order valence-electron chi connectivity index (χ0n) is 10.5. The highest BCUT2D eigenvalue weighted by molar-refractivity contribution is 7.16. The molecule has 0 aliphatic rings. The Morgan fingerprint density at radius 2 is 2.16 bits per heavy atom. The van der Waals surface area contributed by atoms with Crippen molar-refractivity contribution in [2.45, 2.75) is 19.4 Å². The summed E-state index contributed by atoms with van der Waals surface area (Å²) in [5.74, 6) is 0.391. The van der Waals surface area contributed by atoms with Crippen LogP contribution in [0.5, 0.6) is 0 Å². The largest absolute Gasteiger partial charge is 0.351 e. The van der Waals surface area contributed by atoms with Crippen molar-refractivity contribution in [1.82, 2.24) is 20.3 Å². The summed E-state index contributed by atoms with van der Waals surface area (Å²) in [5, 5.41) is 3.44. The molecular weight excluding hydrogens is 262 g/mol. The van der Waals surface area contributed by atoms with Crippen LogP contribution in [0.25, 0.3) is 10.8 Å². The Balaban J connectivity index is 1.99. The molecule has 0 radical (unpaired) electrons. The molecule has 19 heavy (non-hydrogen) atoms. The third-order valence-electron chi connectivity index (χ3n) is 2.37. The molecule has 2 rings (SSSR count). The van der Waals surface area contributed by atoms with Crippen LogP contribution in [0.3, 0.4) is 0 Å². The van der Waals surface area contributed by atoms with E-state index in [1.807, 2.05) is 6.92 Å². The summed E-state index contributed by atoms with van der Waals surface area (Å²) in [7, 11) is 0. The Hall–Kier alpha value is -1.86. The van der Waals surface area contributed by atoms with Crippen LogP contribution >= 0.6 is 11.3 Å². The molecule has 6 nitrogen and oxygen atoms in total. The topological polar surface area (TPSA) is 93.8 Å². The maximum atomic E-state index is 11.8. The van der Waals surface area contributed by atoms with Crippen LogP contribution in [0.1, 0.15) is 23.0 Å². The van der Waals surface area contributed by atoms with E-state index in [4.69, 9.17) is 5.73 Å². The van der Waals surface area contributed by atoms with E-state index in [1.165, 1.54) is 17.5 Å². The van der Waals surface area contributed by atoms with E-state index in [0.717, 1.165) is 6.42 Å². The van der Waals surface area contributed by atoms with Gasteiger partial charge in [-0.2, -0.15) is 0 Å². The van der Waals surface area contributed by atoms with Crippen molar-refractivity contribution in [2.75, 3.05) is 6.54 Å². The molecule has 100 valence electrons. The molecule has 2 aromatic heterocycles. The smallest absolute Gasteiger partial charge is 0.263 e. The number of amides is 1. The number of thiazole rings is 1. The van der Waals surface area contributed by atoms with Crippen LogP contribution in [0.4, 0.5) is 0 Å². The molecule has 7 heteroatoms. The van der Waals surface area contributed by atoms with Crippen LogP contribution in [0, 0.1) is 0 Å². The number of nitrogens with one attached hydrogen (secondary N) is 1. The summed E-state index contributed by atoms with van der Waals surface area (Å²) in [6.07, 6.45) is 5.58. The minimum Gasteiger partial charge on any atom is -0.351 e. The van der Waals surface area contributed by atoms with Crippen LogP contribution < -0.4 is 11.1 Å². The molecule has 0 fully saturated rings. The average molecular weight is 277 g/mol. The number of hydrogen-bond acceptors (Lipinski definition) is 6. The van der Waals surface area contributed by atoms with E-state index in [-0.39, 0.29) is 11.9 Å². The van der Waals surface area contributed by atoms with Gasteiger partial charge in [0.2, 0.25) is 0 Å². The molecule has 0 saturated heterocycles. The number of nitrogens with two attached hydrogens (primary N) is 1. The second kappa shape index (κ2) is 6.35. The Morgan fingerprint density at radius 1 is 1.42 bits per heavy atom. The first-order valence-electron chi connectivity index (χ1n) is 5.94. The van der Waals surface area contributed by atoms with Gasteiger partial charge in [0, 0.05) is 25.0 Å². The van der Waals surface area contributed by atoms with Crippen molar-refractivity contribution < 1.29 is 4.79 Å². The number of carbonyl (C=O) groups excluding carboxylic acids is 1. The van der Waals surface area contributed by atoms with E-state index in [2.05, 4.69) is 20.3 Å². The minimum atomic E-state index is -0.139. The lowest BCUT2D eigenvalue weighted by Gasteiger charge is -2.05. The molecule has 0 saturated carbocycles. The summed E-state index contributed by atoms with van der Waals surface area (Å²) in [6.45, 7) is 2.47. The van der Waals surface area contributed by atoms with Crippen molar-refractivity contribution in [2.24, 2.45) is 5.73 Å². The number of rotatable bonds is 5. The van der Waals surface area contributed by atoms with E-state index < -0.39 is 0 Å². The fraction of sp³-hybridized carbons (Fsp3) is 0.333. The third-order valence-corrected chi connectivity index (χ3v) is 3.36. The lowest BCUT2D eigenvalue weighted by molar-refractivity contribution is 0.0956. The highest BCUT2D eigenvalue weighted by Gasteiger charge is 2.12. The van der Waals surface area contributed by atoms with Gasteiger partial charge < -0.3 is 11.1 Å². The number of hydrogen-bond donors (Lipinski definition) is 2. The van der Waals surface area contributed by atoms with E-state index >= 15 is 0 Å². The van der Waals surface area contributed by atoms with Gasteiger partial charge in [-0.3, -0.25) is 4.79 Å². The van der Waals surface area contributed by atoms with Gasteiger partial charge in [-0.05, 0) is 19.4 Å². The van der Waals surface area contributed by atoms with Crippen LogP contribution in [-0.4, -0.2) is 33.4 Å². The Morgan fingerprint density at radius 3 is 2.84 bits per heavy atom. The minimum absolute atomic E-state index is 0.0787. The summed E-state index contributed by atoms with van der Waals surface area (Å²) in [5.41, 5.74) is 5.62. The molecule has 0 aromatic carbocycles. The van der Waals surface area contributed by atoms with Gasteiger partial charge in [0.25, 0.3) is 5.91 Å². The molecule has 2 heterocycles. The predicted octanol–water partition coefficient (Wildman–Crippen LogP) is 1.07. The van der Waals surface area contributed by atoms with E-state index in [0.29, 0.717) is 22.3 Å². The van der Waals surface area contributed by atoms with Crippen molar-refractivity contribution in [3.63, 3.8) is 0 Å². The first kappa shape index (κ1) is 13.6. The highest BCUT2D eigenvalue weighted by Crippen LogP contribution is 2.21. The van der Waals surface area contributed by atoms with Crippen molar-refractivity contribution in [3.05, 3.63) is 29.5 Å².